The number of halogens is 1. The average Bonchev–Trinajstić information content (AvgIpc) is 2.39. The van der Waals surface area contributed by atoms with Crippen molar-refractivity contribution in [2.75, 3.05) is 0 Å². The lowest BCUT2D eigenvalue weighted by molar-refractivity contribution is 0.0746. The topological polar surface area (TPSA) is 60.4 Å². The molecule has 2 aromatic carbocycles. The average molecular weight is 341 g/mol. The fraction of sp³-hybridized carbons (Fsp3) is 0. The van der Waals surface area contributed by atoms with Crippen LogP contribution in [-0.4, -0.2) is 14.4 Å². The number of hydrogen-bond acceptors (Lipinski definition) is 4. The summed E-state index contributed by atoms with van der Waals surface area (Å²) in [6.45, 7) is 0. The van der Waals surface area contributed by atoms with Crippen LogP contribution in [0.2, 0.25) is 0 Å². The van der Waals surface area contributed by atoms with Crippen molar-refractivity contribution in [3.8, 4) is 0 Å². The molecule has 0 saturated heterocycles. The summed E-state index contributed by atoms with van der Waals surface area (Å²) in [5, 5.41) is 0. The van der Waals surface area contributed by atoms with E-state index in [1.807, 2.05) is 0 Å². The van der Waals surface area contributed by atoms with Crippen molar-refractivity contribution in [2.45, 2.75) is 4.90 Å². The summed E-state index contributed by atoms with van der Waals surface area (Å²) < 4.78 is 28.8. The predicted octanol–water partition coefficient (Wildman–Crippen LogP) is 2.99. The highest BCUT2D eigenvalue weighted by molar-refractivity contribution is 9.10. The predicted molar refractivity (Wildman–Crippen MR) is 73.2 cm³/mol. The smallest absolute Gasteiger partial charge is 0.338 e. The Morgan fingerprint density at radius 3 is 2.16 bits per heavy atom. The third-order valence-corrected chi connectivity index (χ3v) is 4.22. The van der Waals surface area contributed by atoms with E-state index in [4.69, 9.17) is 0 Å². The first-order valence-corrected chi connectivity index (χ1v) is 7.49. The molecule has 0 heterocycles. The van der Waals surface area contributed by atoms with Crippen molar-refractivity contribution in [1.29, 1.82) is 0 Å². The van der Waals surface area contributed by atoms with Gasteiger partial charge in [-0.05, 0) is 40.2 Å². The zero-order valence-electron chi connectivity index (χ0n) is 9.62. The molecule has 2 rings (SSSR count). The minimum Gasteiger partial charge on any atom is -0.338 e. The van der Waals surface area contributed by atoms with Crippen LogP contribution in [0.3, 0.4) is 0 Å². The quantitative estimate of drug-likeness (QED) is 0.806. The molecule has 2 aromatic rings. The van der Waals surface area contributed by atoms with E-state index >= 15 is 0 Å². The maximum atomic E-state index is 11.9. The van der Waals surface area contributed by atoms with Gasteiger partial charge in [0, 0.05) is 4.47 Å². The Balaban J connectivity index is 2.27. The van der Waals surface area contributed by atoms with Crippen molar-refractivity contribution >= 4 is 32.0 Å². The van der Waals surface area contributed by atoms with Gasteiger partial charge in [0.25, 0.3) is 0 Å². The van der Waals surface area contributed by atoms with E-state index in [-0.39, 0.29) is 10.5 Å². The van der Waals surface area contributed by atoms with Crippen LogP contribution >= 0.6 is 15.9 Å². The summed E-state index contributed by atoms with van der Waals surface area (Å²) in [4.78, 5) is 11.8. The first kappa shape index (κ1) is 13.8. The van der Waals surface area contributed by atoms with E-state index in [0.29, 0.717) is 4.47 Å². The first-order valence-electron chi connectivity index (χ1n) is 5.29. The van der Waals surface area contributed by atoms with Gasteiger partial charge < -0.3 is 4.18 Å². The summed E-state index contributed by atoms with van der Waals surface area (Å²) in [7, 11) is -4.09. The van der Waals surface area contributed by atoms with Gasteiger partial charge in [-0.25, -0.2) is 4.79 Å². The maximum absolute atomic E-state index is 11.9. The largest absolute Gasteiger partial charge is 0.355 e. The van der Waals surface area contributed by atoms with Crippen LogP contribution in [0.15, 0.2) is 64.0 Å². The Morgan fingerprint density at radius 1 is 0.947 bits per heavy atom. The molecule has 0 fully saturated rings. The van der Waals surface area contributed by atoms with Crippen molar-refractivity contribution in [3.05, 3.63) is 64.6 Å². The number of carbonyl (C=O) groups is 1. The van der Waals surface area contributed by atoms with Crippen LogP contribution in [0.25, 0.3) is 0 Å². The fourth-order valence-corrected chi connectivity index (χ4v) is 2.73. The second kappa shape index (κ2) is 5.54. The Bertz CT molecular complexity index is 696. The zero-order chi connectivity index (χ0) is 13.9. The molecular formula is C13H9BrO4S. The van der Waals surface area contributed by atoms with Crippen LogP contribution in [0.5, 0.6) is 0 Å². The van der Waals surface area contributed by atoms with Gasteiger partial charge in [0.15, 0.2) is 0 Å². The number of rotatable bonds is 3. The molecule has 0 bridgehead atoms. The molecule has 4 nitrogen and oxygen atoms in total. The van der Waals surface area contributed by atoms with E-state index in [1.165, 1.54) is 18.2 Å². The van der Waals surface area contributed by atoms with Gasteiger partial charge in [-0.1, -0.05) is 30.3 Å². The van der Waals surface area contributed by atoms with Crippen molar-refractivity contribution < 1.29 is 17.4 Å². The molecule has 6 heteroatoms. The summed E-state index contributed by atoms with van der Waals surface area (Å²) >= 11 is 3.17. The molecular weight excluding hydrogens is 332 g/mol. The molecule has 0 aliphatic rings. The van der Waals surface area contributed by atoms with Crippen LogP contribution in [-0.2, 0) is 14.3 Å². The van der Waals surface area contributed by atoms with Gasteiger partial charge >= 0.3 is 16.1 Å². The lowest BCUT2D eigenvalue weighted by atomic mass is 10.2. The normalized spacial score (nSPS) is 11.0. The van der Waals surface area contributed by atoms with Gasteiger partial charge in [-0.2, -0.15) is 8.42 Å². The Morgan fingerprint density at radius 2 is 1.53 bits per heavy atom. The fourth-order valence-electron chi connectivity index (χ4n) is 1.41. The van der Waals surface area contributed by atoms with Crippen LogP contribution in [0, 0.1) is 0 Å². The Kier molecular flexibility index (Phi) is 4.01. The molecule has 0 N–H and O–H groups in total. The molecule has 98 valence electrons. The lowest BCUT2D eigenvalue weighted by Gasteiger charge is -2.06. The van der Waals surface area contributed by atoms with E-state index in [2.05, 4.69) is 20.1 Å². The van der Waals surface area contributed by atoms with Gasteiger partial charge in [-0.3, -0.25) is 0 Å². The molecule has 0 spiro atoms. The van der Waals surface area contributed by atoms with Crippen LogP contribution < -0.4 is 0 Å². The monoisotopic (exact) mass is 340 g/mol. The van der Waals surface area contributed by atoms with Crippen molar-refractivity contribution in [3.63, 3.8) is 0 Å². The summed E-state index contributed by atoms with van der Waals surface area (Å²) in [6, 6.07) is 14.0. The van der Waals surface area contributed by atoms with E-state index in [1.54, 1.807) is 36.4 Å². The van der Waals surface area contributed by atoms with Crippen molar-refractivity contribution in [2.24, 2.45) is 0 Å². The highest BCUT2D eigenvalue weighted by Gasteiger charge is 2.22. The third-order valence-electron chi connectivity index (χ3n) is 2.31. The molecule has 0 atom stereocenters. The van der Waals surface area contributed by atoms with Gasteiger partial charge in [-0.15, -0.1) is 0 Å². The standard InChI is InChI=1S/C13H9BrO4S/c14-12-9-5-4-8-11(12)13(15)18-19(16,17)10-6-2-1-3-7-10/h1-9H. The highest BCUT2D eigenvalue weighted by Crippen LogP contribution is 2.19. The second-order valence-electron chi connectivity index (χ2n) is 3.62. The third kappa shape index (κ3) is 3.21. The summed E-state index contributed by atoms with van der Waals surface area (Å²) in [5.74, 6) is -0.920. The van der Waals surface area contributed by atoms with Gasteiger partial charge in [0.2, 0.25) is 0 Å². The number of carbonyl (C=O) groups excluding carboxylic acids is 1. The maximum Gasteiger partial charge on any atom is 0.355 e. The van der Waals surface area contributed by atoms with E-state index < -0.39 is 16.1 Å². The van der Waals surface area contributed by atoms with E-state index in [0.717, 1.165) is 0 Å². The Labute approximate surface area is 119 Å². The molecule has 0 aromatic heterocycles. The lowest BCUT2D eigenvalue weighted by Crippen LogP contribution is -2.13. The molecule has 0 saturated carbocycles. The second-order valence-corrected chi connectivity index (χ2v) is 6.02. The molecule has 19 heavy (non-hydrogen) atoms. The summed E-state index contributed by atoms with van der Waals surface area (Å²) in [5.41, 5.74) is 0.155. The van der Waals surface area contributed by atoms with Gasteiger partial charge in [0.05, 0.1) is 5.56 Å². The molecule has 0 aliphatic carbocycles. The molecule has 0 unspecified atom stereocenters. The molecule has 0 aliphatic heterocycles. The number of hydrogen-bond donors (Lipinski definition) is 0. The highest BCUT2D eigenvalue weighted by atomic mass is 79.9. The van der Waals surface area contributed by atoms with Crippen LogP contribution in [0.4, 0.5) is 0 Å². The Hall–Kier alpha value is -1.66. The number of benzene rings is 2. The van der Waals surface area contributed by atoms with Crippen LogP contribution in [0.1, 0.15) is 10.4 Å². The summed E-state index contributed by atoms with van der Waals surface area (Å²) in [6.07, 6.45) is 0. The molecule has 0 radical (unpaired) electrons. The van der Waals surface area contributed by atoms with Crippen molar-refractivity contribution in [1.82, 2.24) is 0 Å². The zero-order valence-corrected chi connectivity index (χ0v) is 12.0. The SMILES string of the molecule is O=C(OS(=O)(=O)c1ccccc1)c1ccccc1Br. The minimum absolute atomic E-state index is 0.0598. The minimum atomic E-state index is -4.09. The molecule has 0 amide bonds. The van der Waals surface area contributed by atoms with E-state index in [9.17, 15) is 13.2 Å². The van der Waals surface area contributed by atoms with Gasteiger partial charge in [0.1, 0.15) is 4.90 Å². The first-order chi connectivity index (χ1) is 9.00.